The Morgan fingerprint density at radius 3 is 2.80 bits per heavy atom. The van der Waals surface area contributed by atoms with Crippen molar-refractivity contribution in [2.75, 3.05) is 6.61 Å². The molecule has 4 nitrogen and oxygen atoms in total. The zero-order valence-electron chi connectivity index (χ0n) is 13.0. The monoisotopic (exact) mass is 368 g/mol. The molecule has 0 atom stereocenters. The Hall–Kier alpha value is -2.68. The van der Waals surface area contributed by atoms with Crippen molar-refractivity contribution in [2.24, 2.45) is 4.99 Å². The molecule has 2 aromatic carbocycles. The van der Waals surface area contributed by atoms with Crippen molar-refractivity contribution < 1.29 is 9.53 Å². The Kier molecular flexibility index (Phi) is 5.44. The highest BCUT2D eigenvalue weighted by atomic mass is 35.5. The van der Waals surface area contributed by atoms with Crippen molar-refractivity contribution in [2.45, 2.75) is 0 Å². The smallest absolute Gasteiger partial charge is 0.264 e. The zero-order chi connectivity index (χ0) is 17.6. The molecule has 1 amide bonds. The maximum atomic E-state index is 12.1. The quantitative estimate of drug-likeness (QED) is 0.648. The van der Waals surface area contributed by atoms with Crippen LogP contribution < -0.4 is 10.1 Å². The lowest BCUT2D eigenvalue weighted by Gasteiger charge is -2.05. The molecule has 0 saturated carbocycles. The van der Waals surface area contributed by atoms with E-state index in [0.29, 0.717) is 20.8 Å². The van der Waals surface area contributed by atoms with Crippen LogP contribution in [-0.2, 0) is 4.79 Å². The average Bonchev–Trinajstić information content (AvgIpc) is 2.94. The second-order valence-electron chi connectivity index (χ2n) is 5.00. The third-order valence-corrected chi connectivity index (χ3v) is 4.41. The van der Waals surface area contributed by atoms with Gasteiger partial charge < -0.3 is 10.1 Å². The number of terminal acetylenes is 1. The van der Waals surface area contributed by atoms with Gasteiger partial charge in [-0.15, -0.1) is 6.42 Å². The van der Waals surface area contributed by atoms with E-state index in [4.69, 9.17) is 22.8 Å². The maximum absolute atomic E-state index is 12.1. The molecule has 3 rings (SSSR count). The number of rotatable bonds is 4. The summed E-state index contributed by atoms with van der Waals surface area (Å²) >= 11 is 7.45. The molecule has 6 heteroatoms. The zero-order valence-corrected chi connectivity index (χ0v) is 14.6. The van der Waals surface area contributed by atoms with Crippen LogP contribution in [0.15, 0.2) is 58.4 Å². The van der Waals surface area contributed by atoms with Gasteiger partial charge in [0.05, 0.1) is 15.6 Å². The van der Waals surface area contributed by atoms with Crippen LogP contribution in [0.3, 0.4) is 0 Å². The summed E-state index contributed by atoms with van der Waals surface area (Å²) < 4.78 is 5.32. The van der Waals surface area contributed by atoms with Gasteiger partial charge in [0.1, 0.15) is 12.4 Å². The number of carbonyl (C=O) groups is 1. The summed E-state index contributed by atoms with van der Waals surface area (Å²) in [5.74, 6) is 2.70. The minimum absolute atomic E-state index is 0.151. The van der Waals surface area contributed by atoms with Crippen LogP contribution in [0.25, 0.3) is 6.08 Å². The lowest BCUT2D eigenvalue weighted by Crippen LogP contribution is -2.19. The Morgan fingerprint density at radius 1 is 1.28 bits per heavy atom. The summed E-state index contributed by atoms with van der Waals surface area (Å²) in [7, 11) is 0. The number of halogens is 1. The number of nitrogens with one attached hydrogen (secondary N) is 1. The van der Waals surface area contributed by atoms with Gasteiger partial charge in [0.25, 0.3) is 5.91 Å². The number of para-hydroxylation sites is 1. The molecule has 25 heavy (non-hydrogen) atoms. The maximum Gasteiger partial charge on any atom is 0.264 e. The second-order valence-corrected chi connectivity index (χ2v) is 6.44. The predicted octanol–water partition coefficient (Wildman–Crippen LogP) is 4.24. The molecule has 124 valence electrons. The summed E-state index contributed by atoms with van der Waals surface area (Å²) in [4.78, 5) is 17.1. The van der Waals surface area contributed by atoms with Crippen molar-refractivity contribution in [3.05, 3.63) is 64.0 Å². The SMILES string of the molecule is C#CCOc1ccc(/C=C2\SC(=Nc3ccccc3)NC2=O)cc1Cl. The van der Waals surface area contributed by atoms with Crippen molar-refractivity contribution in [3.8, 4) is 18.1 Å². The van der Waals surface area contributed by atoms with Gasteiger partial charge in [-0.3, -0.25) is 4.79 Å². The lowest BCUT2D eigenvalue weighted by molar-refractivity contribution is -0.115. The van der Waals surface area contributed by atoms with E-state index in [1.165, 1.54) is 11.8 Å². The highest BCUT2D eigenvalue weighted by molar-refractivity contribution is 8.18. The molecular weight excluding hydrogens is 356 g/mol. The molecule has 1 aliphatic heterocycles. The van der Waals surface area contributed by atoms with Gasteiger partial charge >= 0.3 is 0 Å². The number of thioether (sulfide) groups is 1. The van der Waals surface area contributed by atoms with E-state index < -0.39 is 0 Å². The molecule has 1 aliphatic rings. The molecule has 0 aliphatic carbocycles. The van der Waals surface area contributed by atoms with Crippen molar-refractivity contribution in [1.29, 1.82) is 0 Å². The van der Waals surface area contributed by atoms with Crippen molar-refractivity contribution in [1.82, 2.24) is 5.32 Å². The number of ether oxygens (including phenoxy) is 1. The fraction of sp³-hybridized carbons (Fsp3) is 0.0526. The predicted molar refractivity (Wildman–Crippen MR) is 103 cm³/mol. The van der Waals surface area contributed by atoms with Gasteiger partial charge in [-0.05, 0) is 47.7 Å². The molecule has 1 fully saturated rings. The van der Waals surface area contributed by atoms with Crippen LogP contribution in [0.2, 0.25) is 5.02 Å². The number of hydrogen-bond acceptors (Lipinski definition) is 4. The summed E-state index contributed by atoms with van der Waals surface area (Å²) in [5, 5.41) is 3.73. The van der Waals surface area contributed by atoms with E-state index in [9.17, 15) is 4.79 Å². The van der Waals surface area contributed by atoms with Crippen LogP contribution >= 0.6 is 23.4 Å². The van der Waals surface area contributed by atoms with E-state index in [-0.39, 0.29) is 12.5 Å². The van der Waals surface area contributed by atoms with Gasteiger partial charge in [0.2, 0.25) is 0 Å². The van der Waals surface area contributed by atoms with E-state index in [0.717, 1.165) is 11.3 Å². The summed E-state index contributed by atoms with van der Waals surface area (Å²) in [6, 6.07) is 14.7. The fourth-order valence-electron chi connectivity index (χ4n) is 2.10. The molecule has 0 unspecified atom stereocenters. The first-order valence-corrected chi connectivity index (χ1v) is 8.55. The minimum atomic E-state index is -0.191. The average molecular weight is 369 g/mol. The minimum Gasteiger partial charge on any atom is -0.479 e. The molecule has 1 heterocycles. The number of amidine groups is 1. The third kappa shape index (κ3) is 4.44. The standard InChI is InChI=1S/C19H13ClN2O2S/c1-2-10-24-16-9-8-13(11-15(16)20)12-17-18(23)22-19(25-17)21-14-6-4-3-5-7-14/h1,3-9,11-12H,10H2,(H,21,22,23)/b17-12-. The van der Waals surface area contributed by atoms with Crippen molar-refractivity contribution >= 4 is 46.2 Å². The molecule has 0 aromatic heterocycles. The largest absolute Gasteiger partial charge is 0.479 e. The normalized spacial score (nSPS) is 16.7. The van der Waals surface area contributed by atoms with Crippen LogP contribution in [-0.4, -0.2) is 17.7 Å². The second kappa shape index (κ2) is 7.93. The lowest BCUT2D eigenvalue weighted by atomic mass is 10.2. The Balaban J connectivity index is 1.78. The van der Waals surface area contributed by atoms with Crippen LogP contribution in [0, 0.1) is 12.3 Å². The Morgan fingerprint density at radius 2 is 2.08 bits per heavy atom. The van der Waals surface area contributed by atoms with E-state index in [1.807, 2.05) is 36.4 Å². The highest BCUT2D eigenvalue weighted by Crippen LogP contribution is 2.30. The fourth-order valence-corrected chi connectivity index (χ4v) is 3.18. The molecule has 1 saturated heterocycles. The summed E-state index contributed by atoms with van der Waals surface area (Å²) in [6.45, 7) is 0.151. The number of amides is 1. The van der Waals surface area contributed by atoms with E-state index >= 15 is 0 Å². The molecular formula is C19H13ClN2O2S. The van der Waals surface area contributed by atoms with Gasteiger partial charge in [0, 0.05) is 0 Å². The molecule has 0 spiro atoms. The van der Waals surface area contributed by atoms with Crippen LogP contribution in [0.4, 0.5) is 5.69 Å². The van der Waals surface area contributed by atoms with Crippen molar-refractivity contribution in [3.63, 3.8) is 0 Å². The molecule has 0 bridgehead atoms. The first kappa shape index (κ1) is 17.2. The van der Waals surface area contributed by atoms with Gasteiger partial charge in [-0.2, -0.15) is 0 Å². The topological polar surface area (TPSA) is 50.7 Å². The van der Waals surface area contributed by atoms with Gasteiger partial charge in [-0.1, -0.05) is 41.8 Å². The number of carbonyl (C=O) groups excluding carboxylic acids is 1. The first-order chi connectivity index (χ1) is 12.2. The summed E-state index contributed by atoms with van der Waals surface area (Å²) in [5.41, 5.74) is 1.57. The molecule has 2 aromatic rings. The Bertz CT molecular complexity index is 901. The van der Waals surface area contributed by atoms with Crippen LogP contribution in [0.5, 0.6) is 5.75 Å². The van der Waals surface area contributed by atoms with E-state index in [1.54, 1.807) is 18.2 Å². The summed E-state index contributed by atoms with van der Waals surface area (Å²) in [6.07, 6.45) is 6.92. The van der Waals surface area contributed by atoms with Crippen LogP contribution in [0.1, 0.15) is 5.56 Å². The number of nitrogens with zero attached hydrogens (tertiary/aromatic N) is 1. The first-order valence-electron chi connectivity index (χ1n) is 7.36. The number of benzene rings is 2. The Labute approximate surface area is 154 Å². The number of aliphatic imine (C=N–C) groups is 1. The van der Waals surface area contributed by atoms with Gasteiger partial charge in [0.15, 0.2) is 5.17 Å². The highest BCUT2D eigenvalue weighted by Gasteiger charge is 2.23. The molecule has 1 N–H and O–H groups in total. The number of hydrogen-bond donors (Lipinski definition) is 1. The van der Waals surface area contributed by atoms with E-state index in [2.05, 4.69) is 16.2 Å². The third-order valence-electron chi connectivity index (χ3n) is 3.20. The molecule has 0 radical (unpaired) electrons. The van der Waals surface area contributed by atoms with Gasteiger partial charge in [-0.25, -0.2) is 4.99 Å².